The number of hydrogen-bond donors (Lipinski definition) is 0. The zero-order chi connectivity index (χ0) is 19.2. The monoisotopic (exact) mass is 369 g/mol. The van der Waals surface area contributed by atoms with Gasteiger partial charge in [0.05, 0.1) is 0 Å². The standard InChI is InChI=1S/C24H19NO3/c26-24(23(19-12-6-2-7-13-19)20-14-8-3-9-15-20)27-17-21-16-22(28-25-21)18-10-4-1-5-11-18/h1-16,23H,17H2. The second-order valence-electron chi connectivity index (χ2n) is 6.41. The predicted octanol–water partition coefficient (Wildman–Crippen LogP) is 5.22. The Bertz CT molecular complexity index is 988. The van der Waals surface area contributed by atoms with Crippen LogP contribution in [-0.4, -0.2) is 11.1 Å². The smallest absolute Gasteiger partial charge is 0.318 e. The van der Waals surface area contributed by atoms with Crippen molar-refractivity contribution in [2.45, 2.75) is 12.5 Å². The molecule has 0 aliphatic carbocycles. The predicted molar refractivity (Wildman–Crippen MR) is 106 cm³/mol. The average Bonchev–Trinajstić information content (AvgIpc) is 3.24. The topological polar surface area (TPSA) is 52.3 Å². The van der Waals surface area contributed by atoms with Gasteiger partial charge in [-0.1, -0.05) is 96.2 Å². The second-order valence-corrected chi connectivity index (χ2v) is 6.41. The first kappa shape index (κ1) is 17.7. The van der Waals surface area contributed by atoms with Crippen molar-refractivity contribution in [3.05, 3.63) is 114 Å². The number of esters is 1. The van der Waals surface area contributed by atoms with E-state index in [9.17, 15) is 4.79 Å². The molecule has 0 aliphatic heterocycles. The van der Waals surface area contributed by atoms with Gasteiger partial charge in [0.1, 0.15) is 18.2 Å². The minimum atomic E-state index is -0.483. The number of carbonyl (C=O) groups is 1. The Morgan fingerprint density at radius 2 is 1.36 bits per heavy atom. The van der Waals surface area contributed by atoms with Crippen molar-refractivity contribution < 1.29 is 14.1 Å². The largest absolute Gasteiger partial charge is 0.458 e. The molecule has 0 bridgehead atoms. The van der Waals surface area contributed by atoms with Crippen LogP contribution in [0.1, 0.15) is 22.7 Å². The lowest BCUT2D eigenvalue weighted by atomic mass is 9.91. The molecule has 0 saturated heterocycles. The van der Waals surface area contributed by atoms with Crippen LogP contribution in [0.4, 0.5) is 0 Å². The minimum Gasteiger partial charge on any atom is -0.458 e. The number of aromatic nitrogens is 1. The van der Waals surface area contributed by atoms with E-state index in [0.29, 0.717) is 11.5 Å². The molecule has 1 heterocycles. The van der Waals surface area contributed by atoms with E-state index in [2.05, 4.69) is 5.16 Å². The summed E-state index contributed by atoms with van der Waals surface area (Å²) in [5.41, 5.74) is 3.29. The molecule has 0 spiro atoms. The first-order valence-electron chi connectivity index (χ1n) is 9.09. The number of nitrogens with zero attached hydrogens (tertiary/aromatic N) is 1. The van der Waals surface area contributed by atoms with Crippen molar-refractivity contribution in [2.75, 3.05) is 0 Å². The number of ether oxygens (including phenoxy) is 1. The Morgan fingerprint density at radius 1 is 0.821 bits per heavy atom. The van der Waals surface area contributed by atoms with Crippen molar-refractivity contribution in [3.8, 4) is 11.3 Å². The van der Waals surface area contributed by atoms with Crippen LogP contribution in [0.15, 0.2) is 102 Å². The summed E-state index contributed by atoms with van der Waals surface area (Å²) in [5, 5.41) is 4.02. The van der Waals surface area contributed by atoms with E-state index in [-0.39, 0.29) is 12.6 Å². The van der Waals surface area contributed by atoms with E-state index >= 15 is 0 Å². The Kier molecular flexibility index (Phi) is 5.29. The molecule has 0 aliphatic rings. The Balaban J connectivity index is 1.50. The number of rotatable bonds is 6. The number of benzene rings is 3. The maximum absolute atomic E-state index is 12.9. The van der Waals surface area contributed by atoms with Gasteiger partial charge in [-0.3, -0.25) is 4.79 Å². The average molecular weight is 369 g/mol. The highest BCUT2D eigenvalue weighted by molar-refractivity contribution is 5.82. The van der Waals surface area contributed by atoms with Crippen LogP contribution in [-0.2, 0) is 16.1 Å². The lowest BCUT2D eigenvalue weighted by molar-refractivity contribution is -0.145. The van der Waals surface area contributed by atoms with E-state index in [1.165, 1.54) is 0 Å². The van der Waals surface area contributed by atoms with Gasteiger partial charge in [-0.2, -0.15) is 0 Å². The summed E-state index contributed by atoms with van der Waals surface area (Å²) in [7, 11) is 0. The van der Waals surface area contributed by atoms with E-state index < -0.39 is 5.92 Å². The molecule has 4 heteroatoms. The van der Waals surface area contributed by atoms with Gasteiger partial charge >= 0.3 is 5.97 Å². The third kappa shape index (κ3) is 4.01. The lowest BCUT2D eigenvalue weighted by Gasteiger charge is -2.16. The fourth-order valence-electron chi connectivity index (χ4n) is 3.10. The van der Waals surface area contributed by atoms with Crippen molar-refractivity contribution >= 4 is 5.97 Å². The highest BCUT2D eigenvalue weighted by Gasteiger charge is 2.24. The number of hydrogen-bond acceptors (Lipinski definition) is 4. The van der Waals surface area contributed by atoms with Gasteiger partial charge in [0, 0.05) is 11.6 Å². The van der Waals surface area contributed by atoms with E-state index in [1.807, 2.05) is 91.0 Å². The summed E-state index contributed by atoms with van der Waals surface area (Å²) in [5.74, 6) is -0.154. The zero-order valence-corrected chi connectivity index (χ0v) is 15.2. The van der Waals surface area contributed by atoms with Crippen LogP contribution < -0.4 is 0 Å². The SMILES string of the molecule is O=C(OCc1cc(-c2ccccc2)on1)C(c1ccccc1)c1ccccc1. The molecule has 4 aromatic rings. The van der Waals surface area contributed by atoms with Crippen molar-refractivity contribution in [3.63, 3.8) is 0 Å². The van der Waals surface area contributed by atoms with Gasteiger partial charge in [0.25, 0.3) is 0 Å². The van der Waals surface area contributed by atoms with Gasteiger partial charge in [0.2, 0.25) is 0 Å². The molecule has 0 unspecified atom stereocenters. The quantitative estimate of drug-likeness (QED) is 0.437. The third-order valence-corrected chi connectivity index (χ3v) is 4.48. The van der Waals surface area contributed by atoms with E-state index in [0.717, 1.165) is 16.7 Å². The van der Waals surface area contributed by atoms with Crippen LogP contribution in [0.25, 0.3) is 11.3 Å². The number of carbonyl (C=O) groups excluding carboxylic acids is 1. The van der Waals surface area contributed by atoms with E-state index in [1.54, 1.807) is 6.07 Å². The molecule has 0 amide bonds. The molecule has 0 saturated carbocycles. The summed E-state index contributed by atoms with van der Waals surface area (Å²) in [6, 6.07) is 30.7. The second kappa shape index (κ2) is 8.35. The molecule has 0 fully saturated rings. The summed E-state index contributed by atoms with van der Waals surface area (Å²) in [6.07, 6.45) is 0. The highest BCUT2D eigenvalue weighted by Crippen LogP contribution is 2.27. The normalized spacial score (nSPS) is 10.8. The van der Waals surface area contributed by atoms with Crippen LogP contribution >= 0.6 is 0 Å². The highest BCUT2D eigenvalue weighted by atomic mass is 16.5. The third-order valence-electron chi connectivity index (χ3n) is 4.48. The maximum Gasteiger partial charge on any atom is 0.318 e. The first-order chi connectivity index (χ1) is 13.8. The van der Waals surface area contributed by atoms with Crippen LogP contribution in [0.2, 0.25) is 0 Å². The van der Waals surface area contributed by atoms with Gasteiger partial charge in [0.15, 0.2) is 5.76 Å². The van der Waals surface area contributed by atoms with Crippen LogP contribution in [0.5, 0.6) is 0 Å². The van der Waals surface area contributed by atoms with Gasteiger partial charge in [-0.25, -0.2) is 0 Å². The molecule has 1 aromatic heterocycles. The first-order valence-corrected chi connectivity index (χ1v) is 9.09. The minimum absolute atomic E-state index is 0.0608. The summed E-state index contributed by atoms with van der Waals surface area (Å²) in [6.45, 7) is 0.0608. The van der Waals surface area contributed by atoms with Gasteiger partial charge in [-0.15, -0.1) is 0 Å². The summed E-state index contributed by atoms with van der Waals surface area (Å²) in [4.78, 5) is 12.9. The van der Waals surface area contributed by atoms with Crippen molar-refractivity contribution in [1.82, 2.24) is 5.16 Å². The molecular formula is C24H19NO3. The zero-order valence-electron chi connectivity index (χ0n) is 15.2. The molecule has 3 aromatic carbocycles. The molecule has 4 nitrogen and oxygen atoms in total. The van der Waals surface area contributed by atoms with Gasteiger partial charge in [-0.05, 0) is 11.1 Å². The van der Waals surface area contributed by atoms with E-state index in [4.69, 9.17) is 9.26 Å². The van der Waals surface area contributed by atoms with Gasteiger partial charge < -0.3 is 9.26 Å². The summed E-state index contributed by atoms with van der Waals surface area (Å²) < 4.78 is 11.0. The fraction of sp³-hybridized carbons (Fsp3) is 0.0833. The summed E-state index contributed by atoms with van der Waals surface area (Å²) >= 11 is 0. The van der Waals surface area contributed by atoms with Crippen LogP contribution in [0.3, 0.4) is 0 Å². The molecule has 138 valence electrons. The molecule has 0 N–H and O–H groups in total. The Morgan fingerprint density at radius 3 is 1.93 bits per heavy atom. The fourth-order valence-corrected chi connectivity index (χ4v) is 3.10. The maximum atomic E-state index is 12.9. The Hall–Kier alpha value is -3.66. The molecule has 28 heavy (non-hydrogen) atoms. The lowest BCUT2D eigenvalue weighted by Crippen LogP contribution is -2.17. The van der Waals surface area contributed by atoms with Crippen LogP contribution in [0, 0.1) is 0 Å². The Labute approximate surface area is 163 Å². The van der Waals surface area contributed by atoms with Crippen molar-refractivity contribution in [2.24, 2.45) is 0 Å². The van der Waals surface area contributed by atoms with Crippen molar-refractivity contribution in [1.29, 1.82) is 0 Å². The molecule has 4 rings (SSSR count). The molecule has 0 radical (unpaired) electrons. The molecule has 0 atom stereocenters. The molecular weight excluding hydrogens is 350 g/mol.